The van der Waals surface area contributed by atoms with Gasteiger partial charge in [-0.2, -0.15) is 0 Å². The predicted molar refractivity (Wildman–Crippen MR) is 57.1 cm³/mol. The molecule has 0 saturated heterocycles. The fraction of sp³-hybridized carbons (Fsp3) is 0.400. The third-order valence-corrected chi connectivity index (χ3v) is 4.07. The minimum absolute atomic E-state index is 0.121. The molecule has 0 aliphatic heterocycles. The monoisotopic (exact) mass is 214 g/mol. The summed E-state index contributed by atoms with van der Waals surface area (Å²) in [4.78, 5) is 9.72. The standard InChI is InChI=1S/C10H15O3P/c1-10(2,11)8-14(12,13)9-6-4-3-5-7-9/h3-7,11H,8H2,1-2H3,(H,12,13). The first-order valence-electron chi connectivity index (χ1n) is 4.41. The molecule has 4 heteroatoms. The highest BCUT2D eigenvalue weighted by molar-refractivity contribution is 7.66. The Morgan fingerprint density at radius 2 is 1.79 bits per heavy atom. The van der Waals surface area contributed by atoms with Gasteiger partial charge in [0.1, 0.15) is 0 Å². The van der Waals surface area contributed by atoms with E-state index >= 15 is 0 Å². The van der Waals surface area contributed by atoms with Crippen molar-refractivity contribution in [2.45, 2.75) is 19.4 Å². The van der Waals surface area contributed by atoms with Crippen molar-refractivity contribution in [3.8, 4) is 0 Å². The molecular formula is C10H15O3P. The zero-order chi connectivity index (χ0) is 10.8. The lowest BCUT2D eigenvalue weighted by Crippen LogP contribution is -2.26. The van der Waals surface area contributed by atoms with Crippen molar-refractivity contribution in [1.29, 1.82) is 0 Å². The molecule has 0 aromatic heterocycles. The lowest BCUT2D eigenvalue weighted by Gasteiger charge is -2.21. The van der Waals surface area contributed by atoms with Gasteiger partial charge in [0.05, 0.1) is 11.8 Å². The van der Waals surface area contributed by atoms with Crippen LogP contribution in [-0.2, 0) is 4.57 Å². The van der Waals surface area contributed by atoms with Crippen molar-refractivity contribution < 1.29 is 14.6 Å². The van der Waals surface area contributed by atoms with E-state index in [1.54, 1.807) is 30.3 Å². The molecule has 2 N–H and O–H groups in total. The van der Waals surface area contributed by atoms with Crippen LogP contribution in [0.4, 0.5) is 0 Å². The minimum Gasteiger partial charge on any atom is -0.390 e. The van der Waals surface area contributed by atoms with Crippen molar-refractivity contribution in [3.05, 3.63) is 30.3 Å². The van der Waals surface area contributed by atoms with Crippen molar-refractivity contribution >= 4 is 12.7 Å². The van der Waals surface area contributed by atoms with Gasteiger partial charge in [-0.3, -0.25) is 4.57 Å². The summed E-state index contributed by atoms with van der Waals surface area (Å²) in [6, 6.07) is 8.41. The summed E-state index contributed by atoms with van der Waals surface area (Å²) in [6.45, 7) is 3.05. The molecule has 1 rings (SSSR count). The SMILES string of the molecule is CC(C)(O)CP(=O)(O)c1ccccc1. The van der Waals surface area contributed by atoms with Crippen LogP contribution in [0.2, 0.25) is 0 Å². The summed E-state index contributed by atoms with van der Waals surface area (Å²) in [5.41, 5.74) is -1.12. The number of hydrogen-bond acceptors (Lipinski definition) is 2. The van der Waals surface area contributed by atoms with Crippen molar-refractivity contribution in [1.82, 2.24) is 0 Å². The van der Waals surface area contributed by atoms with E-state index in [1.165, 1.54) is 13.8 Å². The van der Waals surface area contributed by atoms with Gasteiger partial charge < -0.3 is 10.00 Å². The molecule has 0 heterocycles. The molecule has 0 fully saturated rings. The zero-order valence-electron chi connectivity index (χ0n) is 8.34. The Balaban J connectivity index is 2.93. The minimum atomic E-state index is -3.42. The van der Waals surface area contributed by atoms with Crippen molar-refractivity contribution in [3.63, 3.8) is 0 Å². The van der Waals surface area contributed by atoms with Crippen LogP contribution in [0.15, 0.2) is 30.3 Å². The Hall–Kier alpha value is -0.630. The smallest absolute Gasteiger partial charge is 0.232 e. The van der Waals surface area contributed by atoms with Gasteiger partial charge in [-0.1, -0.05) is 18.2 Å². The summed E-state index contributed by atoms with van der Waals surface area (Å²) >= 11 is 0. The normalized spacial score (nSPS) is 16.3. The summed E-state index contributed by atoms with van der Waals surface area (Å²) < 4.78 is 11.8. The fourth-order valence-electron chi connectivity index (χ4n) is 1.28. The number of hydrogen-bond donors (Lipinski definition) is 2. The van der Waals surface area contributed by atoms with Crippen LogP contribution in [0.3, 0.4) is 0 Å². The van der Waals surface area contributed by atoms with E-state index in [2.05, 4.69) is 0 Å². The lowest BCUT2D eigenvalue weighted by atomic mass is 10.2. The van der Waals surface area contributed by atoms with Gasteiger partial charge >= 0.3 is 0 Å². The molecule has 0 aliphatic rings. The van der Waals surface area contributed by atoms with Crippen molar-refractivity contribution in [2.24, 2.45) is 0 Å². The molecule has 14 heavy (non-hydrogen) atoms. The van der Waals surface area contributed by atoms with E-state index in [-0.39, 0.29) is 6.16 Å². The second-order valence-corrected chi connectivity index (χ2v) is 6.24. The van der Waals surface area contributed by atoms with Gasteiger partial charge in [0.25, 0.3) is 0 Å². The molecular weight excluding hydrogens is 199 g/mol. The van der Waals surface area contributed by atoms with Crippen LogP contribution in [0, 0.1) is 0 Å². The molecule has 78 valence electrons. The third kappa shape index (κ3) is 3.26. The van der Waals surface area contributed by atoms with Crippen molar-refractivity contribution in [2.75, 3.05) is 6.16 Å². The highest BCUT2D eigenvalue weighted by atomic mass is 31.2. The quantitative estimate of drug-likeness (QED) is 0.747. The second kappa shape index (κ2) is 3.85. The van der Waals surface area contributed by atoms with Gasteiger partial charge in [0.15, 0.2) is 0 Å². The highest BCUT2D eigenvalue weighted by Crippen LogP contribution is 2.41. The van der Waals surface area contributed by atoms with Crippen LogP contribution in [0.1, 0.15) is 13.8 Å². The average molecular weight is 214 g/mol. The van der Waals surface area contributed by atoms with E-state index in [4.69, 9.17) is 0 Å². The fourth-order valence-corrected chi connectivity index (χ4v) is 3.15. The molecule has 0 aliphatic carbocycles. The van der Waals surface area contributed by atoms with Gasteiger partial charge in [-0.25, -0.2) is 0 Å². The molecule has 3 nitrogen and oxygen atoms in total. The summed E-state index contributed by atoms with van der Waals surface area (Å²) in [6.07, 6.45) is -0.121. The van der Waals surface area contributed by atoms with Crippen LogP contribution < -0.4 is 5.30 Å². The first-order valence-corrected chi connectivity index (χ1v) is 6.26. The van der Waals surface area contributed by atoms with Gasteiger partial charge in [-0.15, -0.1) is 0 Å². The highest BCUT2D eigenvalue weighted by Gasteiger charge is 2.29. The van der Waals surface area contributed by atoms with Crippen LogP contribution in [0.25, 0.3) is 0 Å². The molecule has 1 atom stereocenters. The van der Waals surface area contributed by atoms with E-state index < -0.39 is 13.0 Å². The van der Waals surface area contributed by atoms with Crippen LogP contribution in [-0.4, -0.2) is 21.8 Å². The van der Waals surface area contributed by atoms with Gasteiger partial charge in [0, 0.05) is 5.30 Å². The van der Waals surface area contributed by atoms with E-state index in [0.29, 0.717) is 5.30 Å². The largest absolute Gasteiger partial charge is 0.390 e. The second-order valence-electron chi connectivity index (χ2n) is 4.01. The van der Waals surface area contributed by atoms with E-state index in [0.717, 1.165) is 0 Å². The molecule has 0 spiro atoms. The molecule has 0 bridgehead atoms. The maximum atomic E-state index is 11.8. The lowest BCUT2D eigenvalue weighted by molar-refractivity contribution is 0.103. The maximum absolute atomic E-state index is 11.8. The number of aliphatic hydroxyl groups is 1. The third-order valence-electron chi connectivity index (χ3n) is 1.76. The Bertz CT molecular complexity index is 340. The van der Waals surface area contributed by atoms with Crippen LogP contribution >= 0.6 is 7.37 Å². The molecule has 0 saturated carbocycles. The number of benzene rings is 1. The predicted octanol–water partition coefficient (Wildman–Crippen LogP) is 1.35. The Labute approximate surface area is 83.9 Å². The summed E-state index contributed by atoms with van der Waals surface area (Å²) in [5, 5.41) is 9.87. The molecule has 1 aromatic rings. The maximum Gasteiger partial charge on any atom is 0.232 e. The Morgan fingerprint density at radius 3 is 2.21 bits per heavy atom. The van der Waals surface area contributed by atoms with E-state index in [9.17, 15) is 14.6 Å². The van der Waals surface area contributed by atoms with Gasteiger partial charge in [-0.05, 0) is 26.0 Å². The first-order chi connectivity index (χ1) is 6.31. The Morgan fingerprint density at radius 1 is 1.29 bits per heavy atom. The average Bonchev–Trinajstić information content (AvgIpc) is 2.01. The topological polar surface area (TPSA) is 57.5 Å². The van der Waals surface area contributed by atoms with Gasteiger partial charge in [0.2, 0.25) is 7.37 Å². The summed E-state index contributed by atoms with van der Waals surface area (Å²) in [5.74, 6) is 0. The molecule has 0 radical (unpaired) electrons. The number of rotatable bonds is 3. The molecule has 1 unspecified atom stereocenters. The Kier molecular flexibility index (Phi) is 3.15. The zero-order valence-corrected chi connectivity index (χ0v) is 9.24. The summed E-state index contributed by atoms with van der Waals surface area (Å²) in [7, 11) is -3.42. The first kappa shape index (κ1) is 11.4. The molecule has 1 aromatic carbocycles. The van der Waals surface area contributed by atoms with E-state index in [1.807, 2.05) is 0 Å². The van der Waals surface area contributed by atoms with Crippen LogP contribution in [0.5, 0.6) is 0 Å². The molecule has 0 amide bonds.